The quantitative estimate of drug-likeness (QED) is 0.926. The lowest BCUT2D eigenvalue weighted by atomic mass is 10.3. The molecule has 0 fully saturated rings. The standard InChI is InChI=1S/C12H7ClFNO3/c13-8-2-1-3-9(11(8)14)18-10-6-7(12(16)17)4-5-15-10/h1-6H,(H,16,17). The molecule has 0 saturated heterocycles. The van der Waals surface area contributed by atoms with E-state index in [4.69, 9.17) is 21.4 Å². The first-order chi connectivity index (χ1) is 8.58. The van der Waals surface area contributed by atoms with E-state index in [1.807, 2.05) is 0 Å². The number of ether oxygens (including phenoxy) is 1. The van der Waals surface area contributed by atoms with Crippen LogP contribution in [0.15, 0.2) is 36.5 Å². The Morgan fingerprint density at radius 2 is 2.17 bits per heavy atom. The predicted molar refractivity (Wildman–Crippen MR) is 62.7 cm³/mol. The lowest BCUT2D eigenvalue weighted by molar-refractivity contribution is 0.0696. The average Bonchev–Trinajstić information content (AvgIpc) is 2.35. The zero-order valence-electron chi connectivity index (χ0n) is 8.93. The van der Waals surface area contributed by atoms with Crippen LogP contribution in [0.2, 0.25) is 5.02 Å². The molecule has 4 nitrogen and oxygen atoms in total. The second kappa shape index (κ2) is 5.01. The van der Waals surface area contributed by atoms with Gasteiger partial charge in [0.2, 0.25) is 5.88 Å². The summed E-state index contributed by atoms with van der Waals surface area (Å²) in [5, 5.41) is 8.71. The highest BCUT2D eigenvalue weighted by molar-refractivity contribution is 6.30. The van der Waals surface area contributed by atoms with Crippen molar-refractivity contribution < 1.29 is 19.0 Å². The van der Waals surface area contributed by atoms with Crippen molar-refractivity contribution in [3.63, 3.8) is 0 Å². The second-order valence-corrected chi connectivity index (χ2v) is 3.75. The molecule has 0 aliphatic carbocycles. The van der Waals surface area contributed by atoms with Crippen LogP contribution in [-0.2, 0) is 0 Å². The number of hydrogen-bond acceptors (Lipinski definition) is 3. The maximum atomic E-state index is 13.5. The highest BCUT2D eigenvalue weighted by Crippen LogP contribution is 2.27. The molecule has 1 aromatic carbocycles. The van der Waals surface area contributed by atoms with E-state index < -0.39 is 11.8 Å². The summed E-state index contributed by atoms with van der Waals surface area (Å²) in [6.07, 6.45) is 1.27. The number of nitrogens with zero attached hydrogens (tertiary/aromatic N) is 1. The first-order valence-corrected chi connectivity index (χ1v) is 5.27. The summed E-state index contributed by atoms with van der Waals surface area (Å²) in [6, 6.07) is 6.77. The predicted octanol–water partition coefficient (Wildman–Crippen LogP) is 3.36. The summed E-state index contributed by atoms with van der Waals surface area (Å²) in [5.41, 5.74) is 0.00226. The summed E-state index contributed by atoms with van der Waals surface area (Å²) >= 11 is 5.59. The highest BCUT2D eigenvalue weighted by Gasteiger charge is 2.10. The van der Waals surface area contributed by atoms with E-state index in [1.54, 1.807) is 0 Å². The fraction of sp³-hybridized carbons (Fsp3) is 0. The van der Waals surface area contributed by atoms with Crippen molar-refractivity contribution in [2.45, 2.75) is 0 Å². The van der Waals surface area contributed by atoms with Gasteiger partial charge in [0.1, 0.15) is 0 Å². The van der Waals surface area contributed by atoms with Crippen LogP contribution in [0, 0.1) is 5.82 Å². The number of rotatable bonds is 3. The van der Waals surface area contributed by atoms with Gasteiger partial charge in [-0.15, -0.1) is 0 Å². The van der Waals surface area contributed by atoms with Crippen LogP contribution in [0.1, 0.15) is 10.4 Å². The third-order valence-corrected chi connectivity index (χ3v) is 2.40. The Kier molecular flexibility index (Phi) is 3.43. The Hall–Kier alpha value is -2.14. The van der Waals surface area contributed by atoms with Crippen LogP contribution in [0.3, 0.4) is 0 Å². The number of aromatic carboxylic acids is 1. The number of carboxylic acid groups (broad SMARTS) is 1. The maximum absolute atomic E-state index is 13.5. The Morgan fingerprint density at radius 1 is 1.39 bits per heavy atom. The SMILES string of the molecule is O=C(O)c1ccnc(Oc2cccc(Cl)c2F)c1. The summed E-state index contributed by atoms with van der Waals surface area (Å²) in [5.74, 6) is -1.97. The highest BCUT2D eigenvalue weighted by atomic mass is 35.5. The Morgan fingerprint density at radius 3 is 2.89 bits per heavy atom. The topological polar surface area (TPSA) is 59.4 Å². The number of halogens is 2. The Labute approximate surface area is 107 Å². The average molecular weight is 268 g/mol. The van der Waals surface area contributed by atoms with Crippen molar-refractivity contribution in [3.8, 4) is 11.6 Å². The molecule has 0 saturated carbocycles. The van der Waals surface area contributed by atoms with Crippen LogP contribution in [0.4, 0.5) is 4.39 Å². The fourth-order valence-corrected chi connectivity index (χ4v) is 1.44. The van der Waals surface area contributed by atoms with E-state index in [0.717, 1.165) is 0 Å². The van der Waals surface area contributed by atoms with Gasteiger partial charge < -0.3 is 9.84 Å². The minimum atomic E-state index is -1.12. The molecule has 2 rings (SSSR count). The minimum absolute atomic E-state index is 0.00226. The van der Waals surface area contributed by atoms with Crippen molar-refractivity contribution >= 4 is 17.6 Å². The molecule has 0 aliphatic heterocycles. The monoisotopic (exact) mass is 267 g/mol. The molecule has 0 amide bonds. The van der Waals surface area contributed by atoms with Gasteiger partial charge in [-0.3, -0.25) is 0 Å². The summed E-state index contributed by atoms with van der Waals surface area (Å²) in [6.45, 7) is 0. The molecule has 1 N–H and O–H groups in total. The molecular formula is C12H7ClFNO3. The van der Waals surface area contributed by atoms with E-state index in [1.165, 1.54) is 36.5 Å². The van der Waals surface area contributed by atoms with E-state index in [0.29, 0.717) is 0 Å². The van der Waals surface area contributed by atoms with Gasteiger partial charge in [-0.2, -0.15) is 0 Å². The third kappa shape index (κ3) is 2.57. The van der Waals surface area contributed by atoms with Crippen LogP contribution in [-0.4, -0.2) is 16.1 Å². The van der Waals surface area contributed by atoms with Gasteiger partial charge in [-0.1, -0.05) is 17.7 Å². The molecule has 0 bridgehead atoms. The lowest BCUT2D eigenvalue weighted by Crippen LogP contribution is -1.98. The second-order valence-electron chi connectivity index (χ2n) is 3.34. The van der Waals surface area contributed by atoms with Gasteiger partial charge in [0.05, 0.1) is 10.6 Å². The number of pyridine rings is 1. The molecule has 0 unspecified atom stereocenters. The van der Waals surface area contributed by atoms with E-state index in [-0.39, 0.29) is 22.2 Å². The molecule has 2 aromatic rings. The molecule has 0 radical (unpaired) electrons. The van der Waals surface area contributed by atoms with Gasteiger partial charge in [0.15, 0.2) is 11.6 Å². The van der Waals surface area contributed by atoms with Gasteiger partial charge in [-0.25, -0.2) is 14.2 Å². The summed E-state index contributed by atoms with van der Waals surface area (Å²) < 4.78 is 18.7. The van der Waals surface area contributed by atoms with Crippen molar-refractivity contribution in [2.75, 3.05) is 0 Å². The normalized spacial score (nSPS) is 10.1. The van der Waals surface area contributed by atoms with Crippen molar-refractivity contribution in [3.05, 3.63) is 52.9 Å². The molecule has 1 aromatic heterocycles. The largest absolute Gasteiger partial charge is 0.478 e. The fourth-order valence-electron chi connectivity index (χ4n) is 1.27. The van der Waals surface area contributed by atoms with Crippen LogP contribution in [0.25, 0.3) is 0 Å². The smallest absolute Gasteiger partial charge is 0.335 e. The molecule has 0 aliphatic rings. The Balaban J connectivity index is 2.31. The van der Waals surface area contributed by atoms with Gasteiger partial charge in [-0.05, 0) is 18.2 Å². The summed E-state index contributed by atoms with van der Waals surface area (Å²) in [4.78, 5) is 14.5. The first kappa shape index (κ1) is 12.3. The molecular weight excluding hydrogens is 261 g/mol. The van der Waals surface area contributed by atoms with Crippen molar-refractivity contribution in [2.24, 2.45) is 0 Å². The molecule has 6 heteroatoms. The van der Waals surface area contributed by atoms with Gasteiger partial charge >= 0.3 is 5.97 Å². The first-order valence-electron chi connectivity index (χ1n) is 4.89. The zero-order valence-corrected chi connectivity index (χ0v) is 9.69. The molecule has 18 heavy (non-hydrogen) atoms. The zero-order chi connectivity index (χ0) is 13.1. The Bertz CT molecular complexity index is 604. The number of aromatic nitrogens is 1. The van der Waals surface area contributed by atoms with Crippen LogP contribution >= 0.6 is 11.6 Å². The summed E-state index contributed by atoms with van der Waals surface area (Å²) in [7, 11) is 0. The lowest BCUT2D eigenvalue weighted by Gasteiger charge is -2.06. The molecule has 1 heterocycles. The van der Waals surface area contributed by atoms with E-state index in [2.05, 4.69) is 4.98 Å². The van der Waals surface area contributed by atoms with E-state index >= 15 is 0 Å². The van der Waals surface area contributed by atoms with Gasteiger partial charge in [0, 0.05) is 12.3 Å². The number of carbonyl (C=O) groups is 1. The maximum Gasteiger partial charge on any atom is 0.335 e. The third-order valence-electron chi connectivity index (χ3n) is 2.11. The van der Waals surface area contributed by atoms with Crippen molar-refractivity contribution in [1.29, 1.82) is 0 Å². The minimum Gasteiger partial charge on any atom is -0.478 e. The van der Waals surface area contributed by atoms with E-state index in [9.17, 15) is 9.18 Å². The molecule has 92 valence electrons. The van der Waals surface area contributed by atoms with Crippen LogP contribution in [0.5, 0.6) is 11.6 Å². The molecule has 0 atom stereocenters. The number of carboxylic acids is 1. The van der Waals surface area contributed by atoms with Gasteiger partial charge in [0.25, 0.3) is 0 Å². The van der Waals surface area contributed by atoms with Crippen molar-refractivity contribution in [1.82, 2.24) is 4.98 Å². The number of hydrogen-bond donors (Lipinski definition) is 1. The number of benzene rings is 1. The molecule has 0 spiro atoms. The van der Waals surface area contributed by atoms with Crippen LogP contribution < -0.4 is 4.74 Å².